The SMILES string of the molecule is O=C(CC1CCCC1)N[C@@H](Cc1ccc(O)cc1)C(=O)O. The Bertz CT molecular complexity index is 492. The minimum absolute atomic E-state index is 0.135. The average molecular weight is 291 g/mol. The first-order valence-corrected chi connectivity index (χ1v) is 7.34. The molecule has 0 aromatic heterocycles. The Morgan fingerprint density at radius 2 is 1.81 bits per heavy atom. The van der Waals surface area contributed by atoms with Crippen molar-refractivity contribution in [3.8, 4) is 5.75 Å². The predicted octanol–water partition coefficient (Wildman–Crippen LogP) is 2.08. The molecule has 0 saturated heterocycles. The molecule has 0 unspecified atom stereocenters. The van der Waals surface area contributed by atoms with Crippen LogP contribution in [-0.4, -0.2) is 28.1 Å². The lowest BCUT2D eigenvalue weighted by Crippen LogP contribution is -2.42. The summed E-state index contributed by atoms with van der Waals surface area (Å²) < 4.78 is 0. The lowest BCUT2D eigenvalue weighted by molar-refractivity contribution is -0.141. The molecule has 0 bridgehead atoms. The Balaban J connectivity index is 1.90. The number of rotatable bonds is 6. The number of benzene rings is 1. The van der Waals surface area contributed by atoms with E-state index in [1.165, 1.54) is 12.1 Å². The minimum Gasteiger partial charge on any atom is -0.508 e. The molecule has 1 saturated carbocycles. The fourth-order valence-corrected chi connectivity index (χ4v) is 2.80. The van der Waals surface area contributed by atoms with Gasteiger partial charge in [0.1, 0.15) is 11.8 Å². The summed E-state index contributed by atoms with van der Waals surface area (Å²) in [4.78, 5) is 23.2. The first-order chi connectivity index (χ1) is 10.0. The Hall–Kier alpha value is -2.04. The summed E-state index contributed by atoms with van der Waals surface area (Å²) in [6, 6.07) is 5.41. The van der Waals surface area contributed by atoms with Crippen LogP contribution >= 0.6 is 0 Å². The molecule has 2 rings (SSSR count). The van der Waals surface area contributed by atoms with Gasteiger partial charge in [-0.3, -0.25) is 4.79 Å². The van der Waals surface area contributed by atoms with E-state index >= 15 is 0 Å². The fraction of sp³-hybridized carbons (Fsp3) is 0.500. The molecule has 1 aromatic rings. The van der Waals surface area contributed by atoms with Gasteiger partial charge in [-0.1, -0.05) is 25.0 Å². The van der Waals surface area contributed by atoms with Gasteiger partial charge in [0, 0.05) is 12.8 Å². The van der Waals surface area contributed by atoms with E-state index in [0.29, 0.717) is 12.3 Å². The summed E-state index contributed by atoms with van der Waals surface area (Å²) in [5, 5.41) is 21.1. The van der Waals surface area contributed by atoms with Crippen molar-refractivity contribution in [2.24, 2.45) is 5.92 Å². The van der Waals surface area contributed by atoms with Gasteiger partial charge >= 0.3 is 5.97 Å². The van der Waals surface area contributed by atoms with E-state index in [0.717, 1.165) is 31.2 Å². The number of aromatic hydroxyl groups is 1. The molecule has 5 nitrogen and oxygen atoms in total. The zero-order chi connectivity index (χ0) is 15.2. The van der Waals surface area contributed by atoms with Gasteiger partial charge in [0.25, 0.3) is 0 Å². The van der Waals surface area contributed by atoms with Gasteiger partial charge in [0.2, 0.25) is 5.91 Å². The zero-order valence-corrected chi connectivity index (χ0v) is 11.9. The van der Waals surface area contributed by atoms with Gasteiger partial charge < -0.3 is 15.5 Å². The van der Waals surface area contributed by atoms with E-state index in [1.54, 1.807) is 12.1 Å². The lowest BCUT2D eigenvalue weighted by atomic mass is 10.0. The maximum Gasteiger partial charge on any atom is 0.326 e. The lowest BCUT2D eigenvalue weighted by Gasteiger charge is -2.16. The van der Waals surface area contributed by atoms with Crippen LogP contribution in [-0.2, 0) is 16.0 Å². The largest absolute Gasteiger partial charge is 0.508 e. The highest BCUT2D eigenvalue weighted by molar-refractivity contribution is 5.83. The second kappa shape index (κ2) is 7.11. The van der Waals surface area contributed by atoms with Crippen molar-refractivity contribution in [1.29, 1.82) is 0 Å². The average Bonchev–Trinajstić information content (AvgIpc) is 2.93. The highest BCUT2D eigenvalue weighted by Crippen LogP contribution is 2.27. The van der Waals surface area contributed by atoms with E-state index < -0.39 is 12.0 Å². The van der Waals surface area contributed by atoms with Crippen molar-refractivity contribution in [2.45, 2.75) is 44.6 Å². The van der Waals surface area contributed by atoms with Gasteiger partial charge in [-0.05, 0) is 36.5 Å². The van der Waals surface area contributed by atoms with Crippen molar-refractivity contribution >= 4 is 11.9 Å². The van der Waals surface area contributed by atoms with E-state index in [1.807, 2.05) is 0 Å². The summed E-state index contributed by atoms with van der Waals surface area (Å²) in [5.74, 6) is -0.695. The number of aliphatic carboxylic acids is 1. The van der Waals surface area contributed by atoms with Gasteiger partial charge in [-0.25, -0.2) is 4.79 Å². The Kier molecular flexibility index (Phi) is 5.20. The third-order valence-corrected chi connectivity index (χ3v) is 3.96. The first kappa shape index (κ1) is 15.4. The van der Waals surface area contributed by atoms with E-state index in [9.17, 15) is 19.8 Å². The van der Waals surface area contributed by atoms with Gasteiger partial charge in [0.15, 0.2) is 0 Å². The van der Waals surface area contributed by atoms with Crippen LogP contribution in [0.4, 0.5) is 0 Å². The van der Waals surface area contributed by atoms with Gasteiger partial charge in [0.05, 0.1) is 0 Å². The predicted molar refractivity (Wildman–Crippen MR) is 78.0 cm³/mol. The number of hydrogen-bond donors (Lipinski definition) is 3. The molecule has 1 aromatic carbocycles. The van der Waals surface area contributed by atoms with Crippen molar-refractivity contribution in [3.63, 3.8) is 0 Å². The number of amides is 1. The number of carboxylic acid groups (broad SMARTS) is 1. The van der Waals surface area contributed by atoms with Gasteiger partial charge in [-0.15, -0.1) is 0 Å². The monoisotopic (exact) mass is 291 g/mol. The normalized spacial score (nSPS) is 16.6. The van der Waals surface area contributed by atoms with Crippen LogP contribution < -0.4 is 5.32 Å². The topological polar surface area (TPSA) is 86.6 Å². The summed E-state index contributed by atoms with van der Waals surface area (Å²) >= 11 is 0. The van der Waals surface area contributed by atoms with Crippen molar-refractivity contribution in [2.75, 3.05) is 0 Å². The molecular weight excluding hydrogens is 270 g/mol. The molecule has 0 heterocycles. The number of carbonyl (C=O) groups is 2. The molecule has 5 heteroatoms. The van der Waals surface area contributed by atoms with Gasteiger partial charge in [-0.2, -0.15) is 0 Å². The highest BCUT2D eigenvalue weighted by Gasteiger charge is 2.23. The van der Waals surface area contributed by atoms with Crippen LogP contribution in [0.25, 0.3) is 0 Å². The van der Waals surface area contributed by atoms with E-state index in [4.69, 9.17) is 0 Å². The van der Waals surface area contributed by atoms with E-state index in [-0.39, 0.29) is 18.1 Å². The third-order valence-electron chi connectivity index (χ3n) is 3.96. The zero-order valence-electron chi connectivity index (χ0n) is 11.9. The van der Waals surface area contributed by atoms with Crippen LogP contribution in [0.5, 0.6) is 5.75 Å². The number of phenolic OH excluding ortho intramolecular Hbond substituents is 1. The standard InChI is InChI=1S/C16H21NO4/c18-13-7-5-12(6-8-13)9-14(16(20)21)17-15(19)10-11-3-1-2-4-11/h5-8,11,14,18H,1-4,9-10H2,(H,17,19)(H,20,21)/t14-/m0/s1. The molecule has 0 radical (unpaired) electrons. The van der Waals surface area contributed by atoms with Crippen molar-refractivity contribution in [3.05, 3.63) is 29.8 Å². The molecule has 1 atom stereocenters. The second-order valence-electron chi connectivity index (χ2n) is 5.68. The minimum atomic E-state index is -1.04. The molecular formula is C16H21NO4. The van der Waals surface area contributed by atoms with Crippen LogP contribution in [0.15, 0.2) is 24.3 Å². The number of phenols is 1. The highest BCUT2D eigenvalue weighted by atomic mass is 16.4. The molecule has 21 heavy (non-hydrogen) atoms. The Labute approximate surface area is 124 Å². The van der Waals surface area contributed by atoms with E-state index in [2.05, 4.69) is 5.32 Å². The maximum absolute atomic E-state index is 11.9. The van der Waals surface area contributed by atoms with Crippen LogP contribution in [0.1, 0.15) is 37.7 Å². The molecule has 1 amide bonds. The van der Waals surface area contributed by atoms with Crippen molar-refractivity contribution in [1.82, 2.24) is 5.32 Å². The number of carboxylic acids is 1. The first-order valence-electron chi connectivity index (χ1n) is 7.34. The number of hydrogen-bond acceptors (Lipinski definition) is 3. The summed E-state index contributed by atoms with van der Waals surface area (Å²) in [6.45, 7) is 0. The molecule has 1 aliphatic carbocycles. The number of nitrogens with one attached hydrogen (secondary N) is 1. The smallest absolute Gasteiger partial charge is 0.326 e. The fourth-order valence-electron chi connectivity index (χ4n) is 2.80. The Morgan fingerprint density at radius 3 is 2.38 bits per heavy atom. The molecule has 1 aliphatic rings. The summed E-state index contributed by atoms with van der Waals surface area (Å²) in [6.07, 6.45) is 5.07. The Morgan fingerprint density at radius 1 is 1.19 bits per heavy atom. The quantitative estimate of drug-likeness (QED) is 0.749. The third kappa shape index (κ3) is 4.77. The molecule has 1 fully saturated rings. The molecule has 114 valence electrons. The summed E-state index contributed by atoms with van der Waals surface area (Å²) in [5.41, 5.74) is 0.765. The van der Waals surface area contributed by atoms with Crippen LogP contribution in [0.2, 0.25) is 0 Å². The number of carbonyl (C=O) groups excluding carboxylic acids is 1. The van der Waals surface area contributed by atoms with Crippen LogP contribution in [0, 0.1) is 5.92 Å². The molecule has 3 N–H and O–H groups in total. The summed E-state index contributed by atoms with van der Waals surface area (Å²) in [7, 11) is 0. The maximum atomic E-state index is 11.9. The second-order valence-corrected chi connectivity index (χ2v) is 5.68. The van der Waals surface area contributed by atoms with Crippen LogP contribution in [0.3, 0.4) is 0 Å². The molecule has 0 spiro atoms. The van der Waals surface area contributed by atoms with Crippen molar-refractivity contribution < 1.29 is 19.8 Å². The molecule has 0 aliphatic heterocycles.